The van der Waals surface area contributed by atoms with E-state index in [9.17, 15) is 18.0 Å². The molecule has 1 fully saturated rings. The maximum absolute atomic E-state index is 12.7. The summed E-state index contributed by atoms with van der Waals surface area (Å²) in [7, 11) is 0. The second-order valence-corrected chi connectivity index (χ2v) is 6.92. The fraction of sp³-hybridized carbons (Fsp3) is 0.647. The van der Waals surface area contributed by atoms with Crippen molar-refractivity contribution in [3.05, 3.63) is 22.8 Å². The van der Waals surface area contributed by atoms with Crippen LogP contribution in [-0.4, -0.2) is 30.0 Å². The molecule has 1 N–H and O–H groups in total. The highest BCUT2D eigenvalue weighted by molar-refractivity contribution is 6.33. The molecule has 1 aliphatic rings. The molecule has 1 aromatic heterocycles. The van der Waals surface area contributed by atoms with Gasteiger partial charge in [-0.05, 0) is 32.3 Å². The third-order valence-corrected chi connectivity index (χ3v) is 4.63. The Balaban J connectivity index is 2.07. The Morgan fingerprint density at radius 2 is 2.24 bits per heavy atom. The number of pyridine rings is 1. The summed E-state index contributed by atoms with van der Waals surface area (Å²) in [6.45, 7) is 5.05. The van der Waals surface area contributed by atoms with Gasteiger partial charge in [0.15, 0.2) is 0 Å². The van der Waals surface area contributed by atoms with E-state index in [0.717, 1.165) is 37.9 Å². The number of piperidine rings is 1. The van der Waals surface area contributed by atoms with Gasteiger partial charge in [-0.2, -0.15) is 13.2 Å². The van der Waals surface area contributed by atoms with Gasteiger partial charge in [0.05, 0.1) is 16.5 Å². The number of nitrogens with zero attached hydrogens (tertiary/aromatic N) is 2. The number of alkyl halides is 3. The lowest BCUT2D eigenvalue weighted by molar-refractivity contribution is -0.137. The van der Waals surface area contributed by atoms with Crippen LogP contribution in [0.2, 0.25) is 5.02 Å². The third kappa shape index (κ3) is 5.23. The van der Waals surface area contributed by atoms with Crippen molar-refractivity contribution in [2.75, 3.05) is 18.0 Å². The Bertz CT molecular complexity index is 609. The number of hydrogen-bond acceptors (Lipinski definition) is 3. The van der Waals surface area contributed by atoms with Gasteiger partial charge in [-0.1, -0.05) is 24.9 Å². The van der Waals surface area contributed by atoms with Crippen LogP contribution in [0, 0.1) is 5.92 Å². The van der Waals surface area contributed by atoms with Gasteiger partial charge in [-0.15, -0.1) is 0 Å². The normalized spacial score (nSPS) is 19.6. The SMILES string of the molecule is CCCC(C)NC(=O)C1CCCN(c2ncc(C(F)(F)F)cc2Cl)C1. The molecule has 0 radical (unpaired) electrons. The van der Waals surface area contributed by atoms with E-state index in [1.165, 1.54) is 0 Å². The molecule has 2 unspecified atom stereocenters. The fourth-order valence-electron chi connectivity index (χ4n) is 3.07. The minimum atomic E-state index is -4.48. The first kappa shape index (κ1) is 19.8. The molecular weight excluding hydrogens is 355 g/mol. The molecule has 0 aromatic carbocycles. The van der Waals surface area contributed by atoms with Crippen molar-refractivity contribution in [3.8, 4) is 0 Å². The van der Waals surface area contributed by atoms with E-state index in [1.54, 1.807) is 4.90 Å². The zero-order valence-corrected chi connectivity index (χ0v) is 15.1. The van der Waals surface area contributed by atoms with Gasteiger partial charge >= 0.3 is 6.18 Å². The highest BCUT2D eigenvalue weighted by atomic mass is 35.5. The van der Waals surface area contributed by atoms with Crippen LogP contribution in [0.1, 0.15) is 45.1 Å². The van der Waals surface area contributed by atoms with E-state index in [0.29, 0.717) is 18.9 Å². The van der Waals surface area contributed by atoms with E-state index >= 15 is 0 Å². The monoisotopic (exact) mass is 377 g/mol. The molecule has 1 amide bonds. The standard InChI is InChI=1S/C17H23ClF3N3O/c1-3-5-11(2)23-16(25)12-6-4-7-24(10-12)15-14(18)8-13(9-22-15)17(19,20)21/h8-9,11-12H,3-7,10H2,1-2H3,(H,23,25). The van der Waals surface area contributed by atoms with Crippen molar-refractivity contribution in [1.29, 1.82) is 0 Å². The van der Waals surface area contributed by atoms with Gasteiger partial charge in [-0.3, -0.25) is 4.79 Å². The van der Waals surface area contributed by atoms with Gasteiger partial charge in [0.1, 0.15) is 5.82 Å². The van der Waals surface area contributed by atoms with Gasteiger partial charge in [-0.25, -0.2) is 4.98 Å². The second kappa shape index (κ2) is 8.25. The first-order valence-corrected chi connectivity index (χ1v) is 8.88. The van der Waals surface area contributed by atoms with E-state index < -0.39 is 11.7 Å². The predicted octanol–water partition coefficient (Wildman–Crippen LogP) is 4.28. The average molecular weight is 378 g/mol. The van der Waals surface area contributed by atoms with Crippen LogP contribution in [0.25, 0.3) is 0 Å². The van der Waals surface area contributed by atoms with E-state index in [1.807, 2.05) is 6.92 Å². The molecule has 2 heterocycles. The smallest absolute Gasteiger partial charge is 0.355 e. The van der Waals surface area contributed by atoms with E-state index in [2.05, 4.69) is 17.2 Å². The molecule has 0 bridgehead atoms. The summed E-state index contributed by atoms with van der Waals surface area (Å²) in [6.07, 6.45) is -0.278. The lowest BCUT2D eigenvalue weighted by atomic mass is 9.96. The molecule has 8 heteroatoms. The molecular formula is C17H23ClF3N3O. The molecule has 1 saturated heterocycles. The van der Waals surface area contributed by atoms with Crippen LogP contribution in [0.5, 0.6) is 0 Å². The van der Waals surface area contributed by atoms with Crippen molar-refractivity contribution in [2.24, 2.45) is 5.92 Å². The van der Waals surface area contributed by atoms with Crippen molar-refractivity contribution in [3.63, 3.8) is 0 Å². The number of carbonyl (C=O) groups is 1. The molecule has 4 nitrogen and oxygen atoms in total. The number of aromatic nitrogens is 1. The number of carbonyl (C=O) groups excluding carboxylic acids is 1. The zero-order chi connectivity index (χ0) is 18.6. The number of rotatable bonds is 5. The Morgan fingerprint density at radius 1 is 1.52 bits per heavy atom. The Labute approximate surface area is 150 Å². The zero-order valence-electron chi connectivity index (χ0n) is 14.4. The molecule has 0 saturated carbocycles. The van der Waals surface area contributed by atoms with Gasteiger partial charge < -0.3 is 10.2 Å². The Kier molecular flexibility index (Phi) is 6.54. The number of anilines is 1. The minimum absolute atomic E-state index is 0.0197. The minimum Gasteiger partial charge on any atom is -0.355 e. The summed E-state index contributed by atoms with van der Waals surface area (Å²) < 4.78 is 38.2. The van der Waals surface area contributed by atoms with Gasteiger partial charge in [0.2, 0.25) is 5.91 Å². The summed E-state index contributed by atoms with van der Waals surface area (Å²) in [5.41, 5.74) is -0.874. The number of halogens is 4. The predicted molar refractivity (Wildman–Crippen MR) is 91.7 cm³/mol. The summed E-state index contributed by atoms with van der Waals surface area (Å²) in [4.78, 5) is 18.1. The quantitative estimate of drug-likeness (QED) is 0.833. The molecule has 25 heavy (non-hydrogen) atoms. The highest BCUT2D eigenvalue weighted by Crippen LogP contribution is 2.34. The average Bonchev–Trinajstić information content (AvgIpc) is 2.54. The van der Waals surface area contributed by atoms with Crippen molar-refractivity contribution in [1.82, 2.24) is 10.3 Å². The number of hydrogen-bond donors (Lipinski definition) is 1. The number of amides is 1. The van der Waals surface area contributed by atoms with Crippen LogP contribution >= 0.6 is 11.6 Å². The molecule has 2 rings (SSSR count). The topological polar surface area (TPSA) is 45.2 Å². The summed E-state index contributed by atoms with van der Waals surface area (Å²) >= 11 is 6.02. The van der Waals surface area contributed by atoms with Crippen molar-refractivity contribution >= 4 is 23.3 Å². The number of nitrogens with one attached hydrogen (secondary N) is 1. The van der Waals surface area contributed by atoms with E-state index in [4.69, 9.17) is 11.6 Å². The van der Waals surface area contributed by atoms with Crippen molar-refractivity contribution in [2.45, 2.75) is 51.7 Å². The van der Waals surface area contributed by atoms with Crippen LogP contribution < -0.4 is 10.2 Å². The van der Waals surface area contributed by atoms with Gasteiger partial charge in [0, 0.05) is 25.3 Å². The third-order valence-electron chi connectivity index (χ3n) is 4.35. The van der Waals surface area contributed by atoms with Gasteiger partial charge in [0.25, 0.3) is 0 Å². The lowest BCUT2D eigenvalue weighted by Crippen LogP contribution is -2.45. The fourth-order valence-corrected chi connectivity index (χ4v) is 3.35. The second-order valence-electron chi connectivity index (χ2n) is 6.51. The molecule has 140 valence electrons. The molecule has 2 atom stereocenters. The summed E-state index contributed by atoms with van der Waals surface area (Å²) in [5, 5.41) is 2.95. The first-order chi connectivity index (χ1) is 11.7. The van der Waals surface area contributed by atoms with Crippen LogP contribution in [-0.2, 0) is 11.0 Å². The Hall–Kier alpha value is -1.50. The van der Waals surface area contributed by atoms with E-state index in [-0.39, 0.29) is 22.9 Å². The maximum atomic E-state index is 12.7. The largest absolute Gasteiger partial charge is 0.417 e. The summed E-state index contributed by atoms with van der Waals surface area (Å²) in [6, 6.07) is 0.998. The van der Waals surface area contributed by atoms with Crippen molar-refractivity contribution < 1.29 is 18.0 Å². The molecule has 0 spiro atoms. The van der Waals surface area contributed by atoms with Crippen LogP contribution in [0.3, 0.4) is 0 Å². The maximum Gasteiger partial charge on any atom is 0.417 e. The molecule has 1 aliphatic heterocycles. The lowest BCUT2D eigenvalue weighted by Gasteiger charge is -2.34. The van der Waals surface area contributed by atoms with Crippen LogP contribution in [0.4, 0.5) is 19.0 Å². The first-order valence-electron chi connectivity index (χ1n) is 8.50. The van der Waals surface area contributed by atoms with Crippen LogP contribution in [0.15, 0.2) is 12.3 Å². The highest BCUT2D eigenvalue weighted by Gasteiger charge is 2.33. The Morgan fingerprint density at radius 3 is 2.84 bits per heavy atom. The molecule has 1 aromatic rings. The molecule has 0 aliphatic carbocycles. The summed E-state index contributed by atoms with van der Waals surface area (Å²) in [5.74, 6) is 0.0654.